The number of amides is 2. The first-order valence-corrected chi connectivity index (χ1v) is 10.3. The number of thioether (sulfide) groups is 1. The second-order valence-corrected chi connectivity index (χ2v) is 8.56. The Balaban J connectivity index is 1.44. The zero-order valence-electron chi connectivity index (χ0n) is 14.5. The maximum Gasteiger partial charge on any atom is 0.224 e. The van der Waals surface area contributed by atoms with Gasteiger partial charge in [0, 0.05) is 30.3 Å². The minimum atomic E-state index is 0.0241. The molecule has 7 heteroatoms. The summed E-state index contributed by atoms with van der Waals surface area (Å²) in [5.74, 6) is 0.470. The van der Waals surface area contributed by atoms with Crippen LogP contribution in [0.25, 0.3) is 0 Å². The first-order chi connectivity index (χ1) is 11.7. The van der Waals surface area contributed by atoms with Crippen LogP contribution in [-0.4, -0.2) is 47.7 Å². The van der Waals surface area contributed by atoms with Crippen molar-refractivity contribution in [2.45, 2.75) is 74.7 Å². The number of rotatable bonds is 5. The summed E-state index contributed by atoms with van der Waals surface area (Å²) in [6.07, 6.45) is 6.63. The van der Waals surface area contributed by atoms with Crippen LogP contribution in [0.15, 0.2) is 0 Å². The van der Waals surface area contributed by atoms with Crippen molar-refractivity contribution in [2.75, 3.05) is 13.1 Å². The van der Waals surface area contributed by atoms with E-state index in [0.29, 0.717) is 17.7 Å². The quantitative estimate of drug-likeness (QED) is 0.590. The molecule has 5 unspecified atom stereocenters. The van der Waals surface area contributed by atoms with Gasteiger partial charge in [0.1, 0.15) is 5.50 Å². The first-order valence-electron chi connectivity index (χ1n) is 9.37. The number of piperidine rings is 1. The summed E-state index contributed by atoms with van der Waals surface area (Å²) in [5, 5.41) is 13.6. The average Bonchev–Trinajstić information content (AvgIpc) is 2.97. The largest absolute Gasteiger partial charge is 0.353 e. The van der Waals surface area contributed by atoms with Gasteiger partial charge in [-0.25, -0.2) is 0 Å². The molecule has 3 rings (SSSR count). The Kier molecular flexibility index (Phi) is 6.41. The van der Waals surface area contributed by atoms with E-state index in [9.17, 15) is 9.59 Å². The summed E-state index contributed by atoms with van der Waals surface area (Å²) < 4.78 is 0. The Hall–Kier alpha value is -0.790. The molecular formula is C17H30N4O2S. The molecule has 5 atom stereocenters. The summed E-state index contributed by atoms with van der Waals surface area (Å²) >= 11 is 1.81. The van der Waals surface area contributed by atoms with Crippen molar-refractivity contribution >= 4 is 23.6 Å². The van der Waals surface area contributed by atoms with Gasteiger partial charge in [-0.05, 0) is 45.1 Å². The highest BCUT2D eigenvalue weighted by Crippen LogP contribution is 2.36. The molecule has 24 heavy (non-hydrogen) atoms. The molecule has 1 aliphatic carbocycles. The van der Waals surface area contributed by atoms with Gasteiger partial charge in [-0.3, -0.25) is 14.9 Å². The van der Waals surface area contributed by atoms with Crippen LogP contribution in [0.2, 0.25) is 0 Å². The molecule has 3 fully saturated rings. The first kappa shape index (κ1) is 18.0. The van der Waals surface area contributed by atoms with E-state index >= 15 is 0 Å². The number of hydrogen-bond donors (Lipinski definition) is 4. The fourth-order valence-electron chi connectivity index (χ4n) is 3.93. The highest BCUT2D eigenvalue weighted by molar-refractivity contribution is 8.00. The van der Waals surface area contributed by atoms with Gasteiger partial charge in [0.05, 0.1) is 5.92 Å². The Labute approximate surface area is 148 Å². The minimum Gasteiger partial charge on any atom is -0.353 e. The molecule has 0 aromatic heterocycles. The van der Waals surface area contributed by atoms with Crippen molar-refractivity contribution in [3.05, 3.63) is 0 Å². The van der Waals surface area contributed by atoms with Crippen LogP contribution in [0, 0.1) is 5.92 Å². The van der Waals surface area contributed by atoms with Crippen LogP contribution in [0.1, 0.15) is 51.9 Å². The topological polar surface area (TPSA) is 82.3 Å². The van der Waals surface area contributed by atoms with Crippen LogP contribution in [0.3, 0.4) is 0 Å². The summed E-state index contributed by atoms with van der Waals surface area (Å²) in [6.45, 7) is 3.86. The van der Waals surface area contributed by atoms with Crippen LogP contribution in [-0.2, 0) is 9.59 Å². The molecule has 4 N–H and O–H groups in total. The van der Waals surface area contributed by atoms with Gasteiger partial charge in [-0.1, -0.05) is 6.92 Å². The molecule has 2 heterocycles. The molecule has 136 valence electrons. The number of fused-ring (bicyclic) bond motifs is 1. The third-order valence-corrected chi connectivity index (χ3v) is 6.65. The number of carbonyl (C=O) groups is 2. The predicted molar refractivity (Wildman–Crippen MR) is 96.5 cm³/mol. The van der Waals surface area contributed by atoms with E-state index in [1.807, 2.05) is 18.7 Å². The lowest BCUT2D eigenvalue weighted by Gasteiger charge is -2.32. The van der Waals surface area contributed by atoms with Crippen molar-refractivity contribution in [1.82, 2.24) is 21.3 Å². The fraction of sp³-hybridized carbons (Fsp3) is 0.882. The maximum atomic E-state index is 12.4. The molecule has 0 aromatic rings. The van der Waals surface area contributed by atoms with Crippen molar-refractivity contribution in [3.8, 4) is 0 Å². The van der Waals surface area contributed by atoms with Gasteiger partial charge in [0.15, 0.2) is 0 Å². The zero-order valence-corrected chi connectivity index (χ0v) is 15.3. The van der Waals surface area contributed by atoms with E-state index in [4.69, 9.17) is 0 Å². The summed E-state index contributed by atoms with van der Waals surface area (Å²) in [4.78, 5) is 24.2. The molecule has 0 aromatic carbocycles. The Morgan fingerprint density at radius 1 is 1.21 bits per heavy atom. The van der Waals surface area contributed by atoms with Gasteiger partial charge in [-0.2, -0.15) is 0 Å². The lowest BCUT2D eigenvalue weighted by Crippen LogP contribution is -2.49. The number of carbonyl (C=O) groups excluding carboxylic acids is 2. The van der Waals surface area contributed by atoms with Crippen molar-refractivity contribution in [3.63, 3.8) is 0 Å². The smallest absolute Gasteiger partial charge is 0.224 e. The van der Waals surface area contributed by atoms with Crippen LogP contribution in [0.5, 0.6) is 0 Å². The molecule has 2 aliphatic heterocycles. The lowest BCUT2D eigenvalue weighted by molar-refractivity contribution is -0.126. The predicted octanol–water partition coefficient (Wildman–Crippen LogP) is 0.928. The molecule has 0 radical (unpaired) electrons. The monoisotopic (exact) mass is 354 g/mol. The molecule has 2 saturated heterocycles. The summed E-state index contributed by atoms with van der Waals surface area (Å²) in [6, 6.07) is 0.728. The number of hydrogen-bond acceptors (Lipinski definition) is 5. The van der Waals surface area contributed by atoms with Gasteiger partial charge in [0.2, 0.25) is 11.8 Å². The molecule has 0 spiro atoms. The van der Waals surface area contributed by atoms with E-state index < -0.39 is 0 Å². The fourth-order valence-corrected chi connectivity index (χ4v) is 5.48. The molecule has 3 aliphatic rings. The molecular weight excluding hydrogens is 324 g/mol. The lowest BCUT2D eigenvalue weighted by atomic mass is 9.90. The second kappa shape index (κ2) is 8.54. The third kappa shape index (κ3) is 4.64. The highest BCUT2D eigenvalue weighted by atomic mass is 32.2. The summed E-state index contributed by atoms with van der Waals surface area (Å²) in [5.41, 5.74) is 0.0241. The van der Waals surface area contributed by atoms with Gasteiger partial charge in [0.25, 0.3) is 0 Å². The van der Waals surface area contributed by atoms with Crippen LogP contribution < -0.4 is 21.3 Å². The molecule has 1 saturated carbocycles. The highest BCUT2D eigenvalue weighted by Gasteiger charge is 2.40. The SMILES string of the molecule is CCCC(=O)NC1NC2CCC(NC(=O)C3CCCNC3)CC2S1. The van der Waals surface area contributed by atoms with E-state index in [0.717, 1.165) is 51.6 Å². The zero-order chi connectivity index (χ0) is 16.9. The number of nitrogens with one attached hydrogen (secondary N) is 4. The van der Waals surface area contributed by atoms with E-state index in [1.165, 1.54) is 0 Å². The van der Waals surface area contributed by atoms with Crippen LogP contribution >= 0.6 is 11.8 Å². The van der Waals surface area contributed by atoms with Crippen molar-refractivity contribution in [2.24, 2.45) is 5.92 Å². The minimum absolute atomic E-state index is 0.0241. The van der Waals surface area contributed by atoms with E-state index in [2.05, 4.69) is 21.3 Å². The Bertz CT molecular complexity index is 456. The van der Waals surface area contributed by atoms with Gasteiger partial charge >= 0.3 is 0 Å². The third-order valence-electron chi connectivity index (χ3n) is 5.25. The second-order valence-electron chi connectivity index (χ2n) is 7.21. The van der Waals surface area contributed by atoms with Crippen molar-refractivity contribution < 1.29 is 9.59 Å². The van der Waals surface area contributed by atoms with Gasteiger partial charge in [-0.15, -0.1) is 11.8 Å². The van der Waals surface area contributed by atoms with Gasteiger partial charge < -0.3 is 16.0 Å². The molecule has 6 nitrogen and oxygen atoms in total. The van der Waals surface area contributed by atoms with E-state index in [1.54, 1.807) is 0 Å². The average molecular weight is 355 g/mol. The molecule has 0 bridgehead atoms. The Morgan fingerprint density at radius 2 is 2.08 bits per heavy atom. The normalized spacial score (nSPS) is 36.0. The van der Waals surface area contributed by atoms with Crippen molar-refractivity contribution in [1.29, 1.82) is 0 Å². The Morgan fingerprint density at radius 3 is 2.83 bits per heavy atom. The standard InChI is InChI=1S/C17H30N4O2S/c1-2-4-15(22)21-17-20-13-7-6-12(9-14(13)24-17)19-16(23)11-5-3-8-18-10-11/h11-14,17-18,20H,2-10H2,1H3,(H,19,23)(H,21,22). The van der Waals surface area contributed by atoms with E-state index in [-0.39, 0.29) is 29.3 Å². The maximum absolute atomic E-state index is 12.4. The van der Waals surface area contributed by atoms with Crippen LogP contribution in [0.4, 0.5) is 0 Å². The molecule has 2 amide bonds. The summed E-state index contributed by atoms with van der Waals surface area (Å²) in [7, 11) is 0.